The fourth-order valence-electron chi connectivity index (χ4n) is 2.53. The van der Waals surface area contributed by atoms with Crippen LogP contribution in [0.1, 0.15) is 33.2 Å². The summed E-state index contributed by atoms with van der Waals surface area (Å²) in [6.45, 7) is 1.46. The fourth-order valence-corrected chi connectivity index (χ4v) is 2.84. The van der Waals surface area contributed by atoms with E-state index >= 15 is 0 Å². The van der Waals surface area contributed by atoms with E-state index in [4.69, 9.17) is 23.2 Å². The summed E-state index contributed by atoms with van der Waals surface area (Å²) in [5.41, 5.74) is 3.53. The summed E-state index contributed by atoms with van der Waals surface area (Å²) < 4.78 is 0. The van der Waals surface area contributed by atoms with Gasteiger partial charge in [-0.25, -0.2) is 5.43 Å². The molecule has 2 aromatic carbocycles. The molecule has 0 aromatic heterocycles. The molecule has 1 aliphatic heterocycles. The van der Waals surface area contributed by atoms with Crippen LogP contribution in [0, 0.1) is 0 Å². The Bertz CT molecular complexity index is 908. The molecule has 0 bridgehead atoms. The predicted molar refractivity (Wildman–Crippen MR) is 98.6 cm³/mol. The maximum atomic E-state index is 12.4. The zero-order valence-corrected chi connectivity index (χ0v) is 15.1. The van der Waals surface area contributed by atoms with Crippen LogP contribution in [0.25, 0.3) is 0 Å². The highest BCUT2D eigenvalue weighted by Gasteiger charge is 2.40. The van der Waals surface area contributed by atoms with Gasteiger partial charge < -0.3 is 0 Å². The molecule has 26 heavy (non-hydrogen) atoms. The van der Waals surface area contributed by atoms with E-state index in [0.717, 1.165) is 4.90 Å². The number of hydrazone groups is 1. The van der Waals surface area contributed by atoms with Gasteiger partial charge in [-0.2, -0.15) is 5.10 Å². The standard InChI is InChI=1S/C18H13Cl2N3O3/c1-10(23-17(25)12-4-2-3-5-13(12)18(23)26)16(24)22-21-9-11-6-7-14(19)15(20)8-11/h2-10H,1H3,(H,22,24)/b21-9-/t10-/m0/s1. The number of carbonyl (C=O) groups is 3. The van der Waals surface area contributed by atoms with Crippen molar-refractivity contribution in [2.24, 2.45) is 5.10 Å². The van der Waals surface area contributed by atoms with Gasteiger partial charge >= 0.3 is 0 Å². The first kappa shape index (κ1) is 18.1. The highest BCUT2D eigenvalue weighted by Crippen LogP contribution is 2.24. The Morgan fingerprint density at radius 1 is 1.08 bits per heavy atom. The van der Waals surface area contributed by atoms with E-state index in [1.165, 1.54) is 13.1 Å². The second-order valence-electron chi connectivity index (χ2n) is 5.61. The Hall–Kier alpha value is -2.70. The summed E-state index contributed by atoms with van der Waals surface area (Å²) in [5, 5.41) is 4.60. The van der Waals surface area contributed by atoms with Crippen LogP contribution in [0.15, 0.2) is 47.6 Å². The molecule has 3 rings (SSSR count). The normalized spacial score (nSPS) is 14.7. The largest absolute Gasteiger partial charge is 0.271 e. The van der Waals surface area contributed by atoms with Crippen LogP contribution in [0.5, 0.6) is 0 Å². The second kappa shape index (κ2) is 7.27. The van der Waals surface area contributed by atoms with Crippen LogP contribution >= 0.6 is 23.2 Å². The first-order valence-electron chi connectivity index (χ1n) is 7.65. The zero-order chi connectivity index (χ0) is 18.8. The monoisotopic (exact) mass is 389 g/mol. The van der Waals surface area contributed by atoms with Crippen molar-refractivity contribution in [3.05, 3.63) is 69.2 Å². The molecule has 0 aliphatic carbocycles. The summed E-state index contributed by atoms with van der Waals surface area (Å²) in [5.74, 6) is -1.58. The van der Waals surface area contributed by atoms with Crippen molar-refractivity contribution in [3.8, 4) is 0 Å². The molecule has 1 atom stereocenters. The minimum Gasteiger partial charge on any atom is -0.271 e. The average molecular weight is 390 g/mol. The molecule has 0 fully saturated rings. The van der Waals surface area contributed by atoms with Gasteiger partial charge in [-0.05, 0) is 36.8 Å². The topological polar surface area (TPSA) is 78.8 Å². The van der Waals surface area contributed by atoms with Crippen LogP contribution in [-0.2, 0) is 4.79 Å². The molecule has 2 aromatic rings. The molecule has 1 heterocycles. The van der Waals surface area contributed by atoms with Gasteiger partial charge in [-0.1, -0.05) is 41.4 Å². The quantitative estimate of drug-likeness (QED) is 0.495. The predicted octanol–water partition coefficient (Wildman–Crippen LogP) is 3.13. The van der Waals surface area contributed by atoms with Gasteiger partial charge in [-0.3, -0.25) is 19.3 Å². The number of halogens is 2. The highest BCUT2D eigenvalue weighted by molar-refractivity contribution is 6.42. The molecule has 132 valence electrons. The Morgan fingerprint density at radius 3 is 2.27 bits per heavy atom. The van der Waals surface area contributed by atoms with Gasteiger partial charge in [0.15, 0.2) is 0 Å². The van der Waals surface area contributed by atoms with E-state index < -0.39 is 23.8 Å². The summed E-state index contributed by atoms with van der Waals surface area (Å²) in [7, 11) is 0. The first-order chi connectivity index (χ1) is 12.4. The van der Waals surface area contributed by atoms with Crippen LogP contribution in [0.3, 0.4) is 0 Å². The number of hydrogen-bond donors (Lipinski definition) is 1. The van der Waals surface area contributed by atoms with Crippen LogP contribution in [0.4, 0.5) is 0 Å². The van der Waals surface area contributed by atoms with E-state index in [-0.39, 0.29) is 11.1 Å². The van der Waals surface area contributed by atoms with Crippen molar-refractivity contribution >= 4 is 47.1 Å². The molecular weight excluding hydrogens is 377 g/mol. The zero-order valence-electron chi connectivity index (χ0n) is 13.6. The Labute approximate surface area is 159 Å². The number of rotatable bonds is 4. The maximum absolute atomic E-state index is 12.4. The van der Waals surface area contributed by atoms with Gasteiger partial charge in [0.25, 0.3) is 17.7 Å². The molecule has 1 aliphatic rings. The number of carbonyl (C=O) groups excluding carboxylic acids is 3. The maximum Gasteiger partial charge on any atom is 0.263 e. The van der Waals surface area contributed by atoms with E-state index in [1.54, 1.807) is 42.5 Å². The third-order valence-electron chi connectivity index (χ3n) is 3.92. The highest BCUT2D eigenvalue weighted by atomic mass is 35.5. The molecule has 6 nitrogen and oxygen atoms in total. The molecule has 0 radical (unpaired) electrons. The third-order valence-corrected chi connectivity index (χ3v) is 4.66. The van der Waals surface area contributed by atoms with Gasteiger partial charge in [0.05, 0.1) is 27.4 Å². The minimum atomic E-state index is -1.01. The Kier molecular flexibility index (Phi) is 5.06. The number of amides is 3. The van der Waals surface area contributed by atoms with Gasteiger partial charge in [0, 0.05) is 0 Å². The van der Waals surface area contributed by atoms with E-state index in [2.05, 4.69) is 10.5 Å². The van der Waals surface area contributed by atoms with Crippen molar-refractivity contribution in [2.45, 2.75) is 13.0 Å². The van der Waals surface area contributed by atoms with Crippen molar-refractivity contribution in [3.63, 3.8) is 0 Å². The van der Waals surface area contributed by atoms with Crippen molar-refractivity contribution in [1.82, 2.24) is 10.3 Å². The smallest absolute Gasteiger partial charge is 0.263 e. The molecule has 0 spiro atoms. The lowest BCUT2D eigenvalue weighted by Crippen LogP contribution is -2.46. The second-order valence-corrected chi connectivity index (χ2v) is 6.42. The number of nitrogens with one attached hydrogen (secondary N) is 1. The molecule has 8 heteroatoms. The van der Waals surface area contributed by atoms with Crippen molar-refractivity contribution < 1.29 is 14.4 Å². The summed E-state index contributed by atoms with van der Waals surface area (Å²) in [4.78, 5) is 37.9. The number of nitrogens with zero attached hydrogens (tertiary/aromatic N) is 2. The Balaban J connectivity index is 1.69. The number of fused-ring (bicyclic) bond motifs is 1. The minimum absolute atomic E-state index is 0.288. The number of benzene rings is 2. The summed E-state index contributed by atoms with van der Waals surface area (Å²) in [6, 6.07) is 10.3. The molecule has 1 N–H and O–H groups in total. The lowest BCUT2D eigenvalue weighted by molar-refractivity contribution is -0.124. The molecule has 3 amide bonds. The van der Waals surface area contributed by atoms with Crippen molar-refractivity contribution in [1.29, 1.82) is 0 Å². The van der Waals surface area contributed by atoms with E-state index in [9.17, 15) is 14.4 Å². The van der Waals surface area contributed by atoms with Crippen LogP contribution < -0.4 is 5.43 Å². The third kappa shape index (κ3) is 3.34. The summed E-state index contributed by atoms with van der Waals surface area (Å²) in [6.07, 6.45) is 1.38. The molecular formula is C18H13Cl2N3O3. The first-order valence-corrected chi connectivity index (χ1v) is 8.40. The molecule has 0 unspecified atom stereocenters. The fraction of sp³-hybridized carbons (Fsp3) is 0.111. The van der Waals surface area contributed by atoms with E-state index in [1.807, 2.05) is 0 Å². The average Bonchev–Trinajstić information content (AvgIpc) is 2.88. The SMILES string of the molecule is C[C@@H](C(=O)N/N=C\c1ccc(Cl)c(Cl)c1)N1C(=O)c2ccccc2C1=O. The summed E-state index contributed by atoms with van der Waals surface area (Å²) >= 11 is 11.7. The lowest BCUT2D eigenvalue weighted by atomic mass is 10.1. The lowest BCUT2D eigenvalue weighted by Gasteiger charge is -2.20. The number of imide groups is 1. The van der Waals surface area contributed by atoms with Gasteiger partial charge in [0.2, 0.25) is 0 Å². The van der Waals surface area contributed by atoms with E-state index in [0.29, 0.717) is 15.6 Å². The molecule has 0 saturated heterocycles. The van der Waals surface area contributed by atoms with Gasteiger partial charge in [-0.15, -0.1) is 0 Å². The van der Waals surface area contributed by atoms with Gasteiger partial charge in [0.1, 0.15) is 6.04 Å². The van der Waals surface area contributed by atoms with Crippen LogP contribution in [0.2, 0.25) is 10.0 Å². The van der Waals surface area contributed by atoms with Crippen molar-refractivity contribution in [2.75, 3.05) is 0 Å². The Morgan fingerprint density at radius 2 is 1.69 bits per heavy atom. The molecule has 0 saturated carbocycles. The van der Waals surface area contributed by atoms with Crippen LogP contribution in [-0.4, -0.2) is 34.9 Å². The number of hydrogen-bond acceptors (Lipinski definition) is 4.